The molecule has 0 aliphatic carbocycles. The van der Waals surface area contributed by atoms with Gasteiger partial charge in [0, 0.05) is 45.8 Å². The molecule has 6 nitrogen and oxygen atoms in total. The second kappa shape index (κ2) is 11.2. The molecule has 218 valence electrons. The first-order valence-corrected chi connectivity index (χ1v) is 16.0. The van der Waals surface area contributed by atoms with Gasteiger partial charge in [-0.05, 0) is 60.8 Å². The highest BCUT2D eigenvalue weighted by Crippen LogP contribution is 2.36. The van der Waals surface area contributed by atoms with E-state index in [1.807, 2.05) is 9.80 Å². The zero-order valence-electron chi connectivity index (χ0n) is 26.3. The van der Waals surface area contributed by atoms with Crippen LogP contribution in [0.5, 0.6) is 0 Å². The number of amides is 2. The lowest BCUT2D eigenvalue weighted by Crippen LogP contribution is -2.50. The largest absolute Gasteiger partial charge is 0.337 e. The molecule has 2 aromatic heterocycles. The fourth-order valence-electron chi connectivity index (χ4n) is 5.02. The third kappa shape index (κ3) is 7.49. The number of likely N-dealkylation sites (tertiary alicyclic amines) is 2. The number of hydrogen-bond donors (Lipinski definition) is 0. The van der Waals surface area contributed by atoms with Crippen LogP contribution in [0.4, 0.5) is 0 Å². The third-order valence-electron chi connectivity index (χ3n) is 7.30. The fraction of sp³-hybridized carbons (Fsp3) is 0.742. The highest BCUT2D eigenvalue weighted by molar-refractivity contribution is 7.10. The third-order valence-corrected chi connectivity index (χ3v) is 9.88. The van der Waals surface area contributed by atoms with Crippen LogP contribution in [0.1, 0.15) is 136 Å². The lowest BCUT2D eigenvalue weighted by Gasteiger charge is -2.41. The maximum absolute atomic E-state index is 12.7. The van der Waals surface area contributed by atoms with E-state index < -0.39 is 0 Å². The number of piperidine rings is 1. The average molecular weight is 575 g/mol. The summed E-state index contributed by atoms with van der Waals surface area (Å²) in [6.07, 6.45) is 2.89. The molecule has 8 heteroatoms. The van der Waals surface area contributed by atoms with Crippen molar-refractivity contribution in [3.05, 3.63) is 32.2 Å². The molecule has 2 atom stereocenters. The SMILES string of the molecule is CC(C)(C)c1nc(C2CCCN(C(C)(C)C)C2=O)cs1.CC(C)(C)c1nc(C2CCN(C(C)(C)C)C2=O)cs1. The highest BCUT2D eigenvalue weighted by atomic mass is 32.1. The lowest BCUT2D eigenvalue weighted by molar-refractivity contribution is -0.140. The minimum absolute atomic E-state index is 0.0356. The van der Waals surface area contributed by atoms with Gasteiger partial charge < -0.3 is 9.80 Å². The molecule has 2 saturated heterocycles. The molecular formula is C31H50N4O2S2. The van der Waals surface area contributed by atoms with E-state index in [1.54, 1.807) is 22.7 Å². The maximum atomic E-state index is 12.7. The Balaban J connectivity index is 0.000000216. The van der Waals surface area contributed by atoms with E-state index in [2.05, 4.69) is 93.8 Å². The van der Waals surface area contributed by atoms with Gasteiger partial charge in [0.1, 0.15) is 0 Å². The number of hydrogen-bond acceptors (Lipinski definition) is 6. The van der Waals surface area contributed by atoms with Crippen molar-refractivity contribution in [1.29, 1.82) is 0 Å². The van der Waals surface area contributed by atoms with Crippen molar-refractivity contribution in [1.82, 2.24) is 19.8 Å². The van der Waals surface area contributed by atoms with Crippen LogP contribution in [-0.2, 0) is 20.4 Å². The van der Waals surface area contributed by atoms with Crippen molar-refractivity contribution in [3.63, 3.8) is 0 Å². The summed E-state index contributed by atoms with van der Waals surface area (Å²) in [5.74, 6) is 0.398. The number of thiazole rings is 2. The lowest BCUT2D eigenvalue weighted by atomic mass is 9.90. The predicted molar refractivity (Wildman–Crippen MR) is 164 cm³/mol. The van der Waals surface area contributed by atoms with Crippen molar-refractivity contribution in [2.75, 3.05) is 13.1 Å². The van der Waals surface area contributed by atoms with E-state index in [-0.39, 0.29) is 45.6 Å². The second-order valence-electron chi connectivity index (χ2n) is 15.0. The Morgan fingerprint density at radius 2 is 1.03 bits per heavy atom. The first-order valence-electron chi connectivity index (χ1n) is 14.3. The van der Waals surface area contributed by atoms with Crippen LogP contribution in [-0.4, -0.2) is 55.7 Å². The Bertz CT molecular complexity index is 1150. The maximum Gasteiger partial charge on any atom is 0.232 e. The molecule has 39 heavy (non-hydrogen) atoms. The molecule has 2 fully saturated rings. The molecular weight excluding hydrogens is 525 g/mol. The zero-order valence-corrected chi connectivity index (χ0v) is 27.9. The molecule has 2 aromatic rings. The minimum atomic E-state index is -0.0986. The first-order chi connectivity index (χ1) is 17.7. The summed E-state index contributed by atoms with van der Waals surface area (Å²) >= 11 is 3.35. The summed E-state index contributed by atoms with van der Waals surface area (Å²) in [5, 5.41) is 6.38. The summed E-state index contributed by atoms with van der Waals surface area (Å²) in [6.45, 7) is 27.3. The topological polar surface area (TPSA) is 66.4 Å². The van der Waals surface area contributed by atoms with E-state index in [9.17, 15) is 9.59 Å². The standard InChI is InChI=1S/C16H26N2OS.C15H24N2OS/c1-15(2,3)14-17-12(10-20-14)11-8-7-9-18(13(11)19)16(4,5)6;1-14(2,3)13-16-11(9-19-13)10-7-8-17(12(10)18)15(4,5)6/h10-11H,7-9H2,1-6H3;9-10H,7-8H2,1-6H3. The number of carbonyl (C=O) groups is 2. The van der Waals surface area contributed by atoms with Gasteiger partial charge in [-0.25, -0.2) is 9.97 Å². The Morgan fingerprint density at radius 1 is 0.641 bits per heavy atom. The average Bonchev–Trinajstić information content (AvgIpc) is 3.51. The number of aromatic nitrogens is 2. The van der Waals surface area contributed by atoms with Crippen molar-refractivity contribution >= 4 is 34.5 Å². The van der Waals surface area contributed by atoms with Gasteiger partial charge in [-0.15, -0.1) is 22.7 Å². The van der Waals surface area contributed by atoms with E-state index in [0.717, 1.165) is 53.8 Å². The Hall–Kier alpha value is -1.80. The molecule has 0 N–H and O–H groups in total. The zero-order chi connectivity index (χ0) is 29.6. The Morgan fingerprint density at radius 3 is 1.36 bits per heavy atom. The van der Waals surface area contributed by atoms with Gasteiger partial charge in [-0.1, -0.05) is 41.5 Å². The highest BCUT2D eigenvalue weighted by Gasteiger charge is 2.40. The van der Waals surface area contributed by atoms with E-state index in [0.29, 0.717) is 0 Å². The van der Waals surface area contributed by atoms with Crippen LogP contribution in [0, 0.1) is 0 Å². The van der Waals surface area contributed by atoms with Crippen molar-refractivity contribution < 1.29 is 9.59 Å². The molecule has 0 saturated carbocycles. The Labute approximate surface area is 244 Å². The normalized spacial score (nSPS) is 21.3. The van der Waals surface area contributed by atoms with Crippen molar-refractivity contribution in [3.8, 4) is 0 Å². The summed E-state index contributed by atoms with van der Waals surface area (Å²) < 4.78 is 0. The molecule has 4 rings (SSSR count). The van der Waals surface area contributed by atoms with Gasteiger partial charge in [0.15, 0.2) is 0 Å². The molecule has 0 radical (unpaired) electrons. The fourth-order valence-corrected chi connectivity index (χ4v) is 6.94. The molecule has 2 unspecified atom stereocenters. The Kier molecular flexibility index (Phi) is 9.13. The molecule has 4 heterocycles. The minimum Gasteiger partial charge on any atom is -0.337 e. The van der Waals surface area contributed by atoms with Crippen LogP contribution in [0.2, 0.25) is 0 Å². The molecule has 2 aliphatic heterocycles. The van der Waals surface area contributed by atoms with Crippen LogP contribution in [0.25, 0.3) is 0 Å². The van der Waals surface area contributed by atoms with Crippen molar-refractivity contribution in [2.45, 2.75) is 136 Å². The molecule has 0 bridgehead atoms. The summed E-state index contributed by atoms with van der Waals surface area (Å²) in [4.78, 5) is 38.7. The van der Waals surface area contributed by atoms with Gasteiger partial charge in [-0.2, -0.15) is 0 Å². The molecule has 2 aliphatic rings. The van der Waals surface area contributed by atoms with Crippen LogP contribution in [0.15, 0.2) is 10.8 Å². The van der Waals surface area contributed by atoms with E-state index in [1.165, 1.54) is 0 Å². The molecule has 0 aromatic carbocycles. The van der Waals surface area contributed by atoms with E-state index in [4.69, 9.17) is 9.97 Å². The predicted octanol–water partition coefficient (Wildman–Crippen LogP) is 7.50. The summed E-state index contributed by atoms with van der Waals surface area (Å²) in [6, 6.07) is 0. The monoisotopic (exact) mass is 574 g/mol. The summed E-state index contributed by atoms with van der Waals surface area (Å²) in [7, 11) is 0. The summed E-state index contributed by atoms with van der Waals surface area (Å²) in [5.41, 5.74) is 1.87. The van der Waals surface area contributed by atoms with Crippen LogP contribution < -0.4 is 0 Å². The van der Waals surface area contributed by atoms with Gasteiger partial charge >= 0.3 is 0 Å². The van der Waals surface area contributed by atoms with Crippen molar-refractivity contribution in [2.24, 2.45) is 0 Å². The number of rotatable bonds is 2. The van der Waals surface area contributed by atoms with Gasteiger partial charge in [0.25, 0.3) is 0 Å². The molecule has 0 spiro atoms. The van der Waals surface area contributed by atoms with E-state index >= 15 is 0 Å². The van der Waals surface area contributed by atoms with Gasteiger partial charge in [-0.3, -0.25) is 9.59 Å². The smallest absolute Gasteiger partial charge is 0.232 e. The van der Waals surface area contributed by atoms with Gasteiger partial charge in [0.05, 0.1) is 33.2 Å². The van der Waals surface area contributed by atoms with Crippen LogP contribution in [0.3, 0.4) is 0 Å². The number of carbonyl (C=O) groups excluding carboxylic acids is 2. The first kappa shape index (κ1) is 31.7. The van der Waals surface area contributed by atoms with Gasteiger partial charge in [0.2, 0.25) is 11.8 Å². The number of nitrogens with zero attached hydrogens (tertiary/aromatic N) is 4. The van der Waals surface area contributed by atoms with Crippen LogP contribution >= 0.6 is 22.7 Å². The molecule has 2 amide bonds. The quantitative estimate of drug-likeness (QED) is 0.372. The second-order valence-corrected chi connectivity index (χ2v) is 16.7.